The zero-order valence-electron chi connectivity index (χ0n) is 13.9. The average Bonchev–Trinajstić information content (AvgIpc) is 2.96. The molecule has 1 aliphatic heterocycles. The van der Waals surface area contributed by atoms with Crippen LogP contribution in [-0.4, -0.2) is 46.7 Å². The van der Waals surface area contributed by atoms with Crippen LogP contribution in [0.4, 0.5) is 0 Å². The minimum absolute atomic E-state index is 0.679. The van der Waals surface area contributed by atoms with Crippen molar-refractivity contribution < 1.29 is 4.74 Å². The van der Waals surface area contributed by atoms with Crippen molar-refractivity contribution in [2.24, 2.45) is 0 Å². The fourth-order valence-corrected chi connectivity index (χ4v) is 3.04. The van der Waals surface area contributed by atoms with Crippen LogP contribution in [0.1, 0.15) is 23.9 Å². The van der Waals surface area contributed by atoms with Crippen molar-refractivity contribution in [2.45, 2.75) is 26.4 Å². The van der Waals surface area contributed by atoms with E-state index in [4.69, 9.17) is 4.74 Å². The van der Waals surface area contributed by atoms with E-state index in [1.165, 1.54) is 16.8 Å². The summed E-state index contributed by atoms with van der Waals surface area (Å²) in [5, 5.41) is 8.61. The molecule has 1 aliphatic rings. The second-order valence-electron chi connectivity index (χ2n) is 6.06. The molecule has 3 rings (SSSR count). The van der Waals surface area contributed by atoms with Crippen LogP contribution < -0.4 is 0 Å². The SMILES string of the molecule is COCCn1nnc2c1CCN(CC(C)=Cc1ccccc1)C2. The van der Waals surface area contributed by atoms with Crippen molar-refractivity contribution in [3.8, 4) is 0 Å². The maximum atomic E-state index is 5.13. The molecule has 2 heterocycles. The van der Waals surface area contributed by atoms with E-state index in [2.05, 4.69) is 52.5 Å². The molecule has 122 valence electrons. The number of hydrogen-bond acceptors (Lipinski definition) is 4. The fraction of sp³-hybridized carbons (Fsp3) is 0.444. The van der Waals surface area contributed by atoms with E-state index >= 15 is 0 Å². The highest BCUT2D eigenvalue weighted by Crippen LogP contribution is 2.18. The monoisotopic (exact) mass is 312 g/mol. The van der Waals surface area contributed by atoms with Crippen LogP contribution in [0.2, 0.25) is 0 Å². The van der Waals surface area contributed by atoms with E-state index in [0.717, 1.165) is 38.3 Å². The third kappa shape index (κ3) is 4.06. The molecule has 0 bridgehead atoms. The summed E-state index contributed by atoms with van der Waals surface area (Å²) in [7, 11) is 1.72. The molecular weight excluding hydrogens is 288 g/mol. The van der Waals surface area contributed by atoms with Crippen LogP contribution in [0.25, 0.3) is 6.08 Å². The summed E-state index contributed by atoms with van der Waals surface area (Å²) in [4.78, 5) is 2.44. The van der Waals surface area contributed by atoms with Gasteiger partial charge in [0, 0.05) is 33.2 Å². The summed E-state index contributed by atoms with van der Waals surface area (Å²) in [6.45, 7) is 6.55. The highest BCUT2D eigenvalue weighted by Gasteiger charge is 2.21. The Morgan fingerprint density at radius 3 is 2.91 bits per heavy atom. The molecule has 0 amide bonds. The first-order valence-electron chi connectivity index (χ1n) is 8.11. The van der Waals surface area contributed by atoms with Gasteiger partial charge in [0.05, 0.1) is 24.5 Å². The van der Waals surface area contributed by atoms with Crippen LogP contribution in [0.3, 0.4) is 0 Å². The zero-order valence-corrected chi connectivity index (χ0v) is 13.9. The molecule has 23 heavy (non-hydrogen) atoms. The number of methoxy groups -OCH3 is 1. The van der Waals surface area contributed by atoms with Crippen molar-refractivity contribution in [2.75, 3.05) is 26.8 Å². The van der Waals surface area contributed by atoms with E-state index in [1.54, 1.807) is 7.11 Å². The van der Waals surface area contributed by atoms with Gasteiger partial charge in [-0.3, -0.25) is 4.90 Å². The van der Waals surface area contributed by atoms with Gasteiger partial charge in [0.2, 0.25) is 0 Å². The Bertz CT molecular complexity index is 663. The molecule has 0 aliphatic carbocycles. The van der Waals surface area contributed by atoms with Gasteiger partial charge in [0.25, 0.3) is 0 Å². The van der Waals surface area contributed by atoms with E-state index < -0.39 is 0 Å². The number of hydrogen-bond donors (Lipinski definition) is 0. The van der Waals surface area contributed by atoms with E-state index in [-0.39, 0.29) is 0 Å². The highest BCUT2D eigenvalue weighted by molar-refractivity contribution is 5.52. The third-order valence-electron chi connectivity index (χ3n) is 4.15. The van der Waals surface area contributed by atoms with Gasteiger partial charge in [-0.25, -0.2) is 4.68 Å². The van der Waals surface area contributed by atoms with Gasteiger partial charge < -0.3 is 4.74 Å². The number of fused-ring (bicyclic) bond motifs is 1. The van der Waals surface area contributed by atoms with Gasteiger partial charge in [-0.2, -0.15) is 0 Å². The van der Waals surface area contributed by atoms with Crippen molar-refractivity contribution in [3.05, 3.63) is 52.9 Å². The fourth-order valence-electron chi connectivity index (χ4n) is 3.04. The lowest BCUT2D eigenvalue weighted by Gasteiger charge is -2.26. The molecule has 0 radical (unpaired) electrons. The molecule has 5 nitrogen and oxygen atoms in total. The molecule has 1 aromatic heterocycles. The first-order chi connectivity index (χ1) is 11.3. The zero-order chi connectivity index (χ0) is 16.1. The highest BCUT2D eigenvalue weighted by atomic mass is 16.5. The predicted octanol–water partition coefficient (Wildman–Crippen LogP) is 2.39. The quantitative estimate of drug-likeness (QED) is 0.821. The second-order valence-corrected chi connectivity index (χ2v) is 6.06. The number of aromatic nitrogens is 3. The average molecular weight is 312 g/mol. The Labute approximate surface area is 137 Å². The van der Waals surface area contributed by atoms with Crippen LogP contribution in [-0.2, 0) is 24.2 Å². The Kier molecular flexibility index (Phi) is 5.20. The van der Waals surface area contributed by atoms with Crippen molar-refractivity contribution >= 4 is 6.08 Å². The molecule has 0 saturated heterocycles. The summed E-state index contributed by atoms with van der Waals surface area (Å²) in [5.74, 6) is 0. The van der Waals surface area contributed by atoms with Gasteiger partial charge in [-0.15, -0.1) is 5.10 Å². The van der Waals surface area contributed by atoms with E-state index in [9.17, 15) is 0 Å². The molecular formula is C18H24N4O. The molecule has 0 fully saturated rings. The van der Waals surface area contributed by atoms with Crippen LogP contribution >= 0.6 is 0 Å². The summed E-state index contributed by atoms with van der Waals surface area (Å²) < 4.78 is 7.12. The molecule has 0 atom stereocenters. The number of ether oxygens (including phenoxy) is 1. The lowest BCUT2D eigenvalue weighted by molar-refractivity contribution is 0.181. The number of rotatable bonds is 6. The molecule has 5 heteroatoms. The predicted molar refractivity (Wildman–Crippen MR) is 91.0 cm³/mol. The summed E-state index contributed by atoms with van der Waals surface area (Å²) >= 11 is 0. The molecule has 0 spiro atoms. The third-order valence-corrected chi connectivity index (χ3v) is 4.15. The number of nitrogens with zero attached hydrogens (tertiary/aromatic N) is 4. The van der Waals surface area contributed by atoms with Crippen LogP contribution in [0.15, 0.2) is 35.9 Å². The largest absolute Gasteiger partial charge is 0.383 e. The van der Waals surface area contributed by atoms with Gasteiger partial charge in [0.1, 0.15) is 0 Å². The summed E-state index contributed by atoms with van der Waals surface area (Å²) in [6.07, 6.45) is 3.26. The Balaban J connectivity index is 1.61. The Morgan fingerprint density at radius 1 is 1.30 bits per heavy atom. The smallest absolute Gasteiger partial charge is 0.0999 e. The minimum Gasteiger partial charge on any atom is -0.383 e. The minimum atomic E-state index is 0.679. The van der Waals surface area contributed by atoms with Gasteiger partial charge in [0.15, 0.2) is 0 Å². The van der Waals surface area contributed by atoms with Gasteiger partial charge in [-0.1, -0.05) is 47.2 Å². The first kappa shape index (κ1) is 15.9. The molecule has 2 aromatic rings. The van der Waals surface area contributed by atoms with Crippen molar-refractivity contribution in [1.29, 1.82) is 0 Å². The Hall–Kier alpha value is -1.98. The molecule has 0 N–H and O–H groups in total. The van der Waals surface area contributed by atoms with E-state index in [1.807, 2.05) is 10.7 Å². The van der Waals surface area contributed by atoms with Crippen LogP contribution in [0.5, 0.6) is 0 Å². The van der Waals surface area contributed by atoms with E-state index in [0.29, 0.717) is 6.61 Å². The normalized spacial score (nSPS) is 15.7. The lowest BCUT2D eigenvalue weighted by Crippen LogP contribution is -2.32. The lowest BCUT2D eigenvalue weighted by atomic mass is 10.1. The van der Waals surface area contributed by atoms with Crippen LogP contribution in [0, 0.1) is 0 Å². The molecule has 0 unspecified atom stereocenters. The molecule has 0 saturated carbocycles. The van der Waals surface area contributed by atoms with Crippen molar-refractivity contribution in [3.63, 3.8) is 0 Å². The maximum absolute atomic E-state index is 5.13. The molecule has 1 aromatic carbocycles. The van der Waals surface area contributed by atoms with Gasteiger partial charge >= 0.3 is 0 Å². The topological polar surface area (TPSA) is 43.2 Å². The number of benzene rings is 1. The summed E-state index contributed by atoms with van der Waals surface area (Å²) in [6, 6.07) is 10.5. The maximum Gasteiger partial charge on any atom is 0.0999 e. The van der Waals surface area contributed by atoms with Gasteiger partial charge in [-0.05, 0) is 12.5 Å². The Morgan fingerprint density at radius 2 is 2.13 bits per heavy atom. The standard InChI is InChI=1S/C18H24N4O/c1-15(12-16-6-4-3-5-7-16)13-21-9-8-18-17(14-21)19-20-22(18)10-11-23-2/h3-7,12H,8-11,13-14H2,1-2H3. The first-order valence-corrected chi connectivity index (χ1v) is 8.11. The second kappa shape index (κ2) is 7.53. The van der Waals surface area contributed by atoms with Crippen molar-refractivity contribution in [1.82, 2.24) is 19.9 Å². The summed E-state index contributed by atoms with van der Waals surface area (Å²) in [5.41, 5.74) is 5.00.